The zero-order chi connectivity index (χ0) is 17.9. The molecule has 0 fully saturated rings. The molecule has 0 spiro atoms. The summed E-state index contributed by atoms with van der Waals surface area (Å²) in [5.41, 5.74) is 3.09. The van der Waals surface area contributed by atoms with E-state index in [-0.39, 0.29) is 0 Å². The summed E-state index contributed by atoms with van der Waals surface area (Å²) in [5.74, 6) is 1.61. The van der Waals surface area contributed by atoms with Gasteiger partial charge in [0.1, 0.15) is 28.7 Å². The van der Waals surface area contributed by atoms with Crippen LogP contribution in [-0.2, 0) is 19.4 Å². The van der Waals surface area contributed by atoms with Gasteiger partial charge in [0.05, 0.1) is 17.3 Å². The molecule has 0 N–H and O–H groups in total. The van der Waals surface area contributed by atoms with Crippen LogP contribution < -0.4 is 4.74 Å². The second-order valence-corrected chi connectivity index (χ2v) is 7.71. The molecule has 4 rings (SSSR count). The van der Waals surface area contributed by atoms with Gasteiger partial charge in [-0.2, -0.15) is 5.10 Å². The zero-order valence-electron chi connectivity index (χ0n) is 14.4. The Balaban J connectivity index is 1.38. The highest BCUT2D eigenvalue weighted by Gasteiger charge is 2.10. The molecule has 132 valence electrons. The molecule has 6 nitrogen and oxygen atoms in total. The fraction of sp³-hybridized carbons (Fsp3) is 0.222. The van der Waals surface area contributed by atoms with Crippen LogP contribution in [0, 0.1) is 6.92 Å². The third-order valence-electron chi connectivity index (χ3n) is 3.83. The zero-order valence-corrected chi connectivity index (χ0v) is 16.0. The third kappa shape index (κ3) is 3.71. The number of aryl methyl sites for hydroxylation is 2. The van der Waals surface area contributed by atoms with E-state index in [1.165, 1.54) is 5.56 Å². The van der Waals surface area contributed by atoms with E-state index in [1.807, 2.05) is 31.3 Å². The molecule has 0 unspecified atom stereocenters. The molecule has 26 heavy (non-hydrogen) atoms. The molecule has 0 atom stereocenters. The van der Waals surface area contributed by atoms with Crippen molar-refractivity contribution in [3.63, 3.8) is 0 Å². The second kappa shape index (κ2) is 7.43. The Kier molecular flexibility index (Phi) is 4.85. The molecule has 0 aliphatic heterocycles. The molecule has 3 heterocycles. The van der Waals surface area contributed by atoms with E-state index in [0.29, 0.717) is 6.61 Å². The summed E-state index contributed by atoms with van der Waals surface area (Å²) < 4.78 is 7.55. The topological polar surface area (TPSA) is 65.7 Å². The van der Waals surface area contributed by atoms with Crippen LogP contribution in [0.15, 0.2) is 47.2 Å². The molecule has 4 aromatic rings. The van der Waals surface area contributed by atoms with Crippen molar-refractivity contribution in [3.05, 3.63) is 58.4 Å². The quantitative estimate of drug-likeness (QED) is 0.370. The van der Waals surface area contributed by atoms with Gasteiger partial charge in [-0.3, -0.25) is 4.68 Å². The molecule has 0 saturated heterocycles. The molecular formula is C18H17N5OS2. The van der Waals surface area contributed by atoms with E-state index in [2.05, 4.69) is 32.4 Å². The SMILES string of the molecule is Cc1ccc(OCc2nc(CSc3ncnc4c3cnn4C)cs2)cc1. The van der Waals surface area contributed by atoms with E-state index >= 15 is 0 Å². The van der Waals surface area contributed by atoms with Gasteiger partial charge in [0.25, 0.3) is 0 Å². The van der Waals surface area contributed by atoms with Crippen LogP contribution >= 0.6 is 23.1 Å². The van der Waals surface area contributed by atoms with Gasteiger partial charge in [-0.05, 0) is 19.1 Å². The van der Waals surface area contributed by atoms with Gasteiger partial charge in [-0.1, -0.05) is 29.5 Å². The number of hydrogen-bond donors (Lipinski definition) is 0. The largest absolute Gasteiger partial charge is 0.486 e. The smallest absolute Gasteiger partial charge is 0.162 e. The first-order chi connectivity index (χ1) is 12.7. The van der Waals surface area contributed by atoms with Gasteiger partial charge < -0.3 is 4.74 Å². The summed E-state index contributed by atoms with van der Waals surface area (Å²) in [5, 5.41) is 9.18. The molecule has 0 aliphatic carbocycles. The molecule has 0 amide bonds. The first kappa shape index (κ1) is 17.0. The summed E-state index contributed by atoms with van der Waals surface area (Å²) in [6.45, 7) is 2.55. The number of thioether (sulfide) groups is 1. The van der Waals surface area contributed by atoms with E-state index < -0.39 is 0 Å². The monoisotopic (exact) mass is 383 g/mol. The predicted molar refractivity (Wildman–Crippen MR) is 103 cm³/mol. The third-order valence-corrected chi connectivity index (χ3v) is 5.74. The predicted octanol–water partition coefficient (Wildman–Crippen LogP) is 4.00. The Morgan fingerprint density at radius 1 is 1.19 bits per heavy atom. The highest BCUT2D eigenvalue weighted by molar-refractivity contribution is 7.98. The van der Waals surface area contributed by atoms with Gasteiger partial charge >= 0.3 is 0 Å². The van der Waals surface area contributed by atoms with Crippen molar-refractivity contribution in [3.8, 4) is 5.75 Å². The normalized spacial score (nSPS) is 11.2. The molecule has 8 heteroatoms. The Bertz CT molecular complexity index is 1030. The van der Waals surface area contributed by atoms with E-state index in [1.54, 1.807) is 40.3 Å². The number of rotatable bonds is 6. The number of thiazole rings is 1. The lowest BCUT2D eigenvalue weighted by Gasteiger charge is -2.04. The van der Waals surface area contributed by atoms with Crippen LogP contribution in [0.5, 0.6) is 5.75 Å². The summed E-state index contributed by atoms with van der Waals surface area (Å²) >= 11 is 3.26. The fourth-order valence-corrected chi connectivity index (χ4v) is 4.12. The van der Waals surface area contributed by atoms with Crippen molar-refractivity contribution in [2.24, 2.45) is 7.05 Å². The van der Waals surface area contributed by atoms with Crippen LogP contribution in [-0.4, -0.2) is 24.7 Å². The Morgan fingerprint density at radius 3 is 2.88 bits per heavy atom. The summed E-state index contributed by atoms with van der Waals surface area (Å²) in [6.07, 6.45) is 3.38. The van der Waals surface area contributed by atoms with Crippen LogP contribution in [0.2, 0.25) is 0 Å². The minimum Gasteiger partial charge on any atom is -0.486 e. The minimum atomic E-state index is 0.485. The Morgan fingerprint density at radius 2 is 2.04 bits per heavy atom. The number of ether oxygens (including phenoxy) is 1. The standard InChI is InChI=1S/C18H17N5OS2/c1-12-3-5-14(6-4-12)24-8-16-22-13(9-25-16)10-26-18-15-7-21-23(2)17(15)19-11-20-18/h3-7,9,11H,8,10H2,1-2H3. The summed E-state index contributed by atoms with van der Waals surface area (Å²) in [7, 11) is 1.88. The van der Waals surface area contributed by atoms with Crippen LogP contribution in [0.3, 0.4) is 0 Å². The average molecular weight is 384 g/mol. The van der Waals surface area contributed by atoms with E-state index in [0.717, 1.165) is 38.3 Å². The van der Waals surface area contributed by atoms with Gasteiger partial charge in [0.2, 0.25) is 0 Å². The van der Waals surface area contributed by atoms with Crippen molar-refractivity contribution in [2.75, 3.05) is 0 Å². The van der Waals surface area contributed by atoms with Gasteiger partial charge in [-0.25, -0.2) is 15.0 Å². The maximum absolute atomic E-state index is 5.79. The highest BCUT2D eigenvalue weighted by atomic mass is 32.2. The highest BCUT2D eigenvalue weighted by Crippen LogP contribution is 2.27. The average Bonchev–Trinajstić information content (AvgIpc) is 3.27. The van der Waals surface area contributed by atoms with Crippen LogP contribution in [0.1, 0.15) is 16.3 Å². The molecule has 3 aromatic heterocycles. The van der Waals surface area contributed by atoms with E-state index in [9.17, 15) is 0 Å². The van der Waals surface area contributed by atoms with Crippen molar-refractivity contribution in [1.82, 2.24) is 24.7 Å². The lowest BCUT2D eigenvalue weighted by Crippen LogP contribution is -1.95. The number of benzene rings is 1. The van der Waals surface area contributed by atoms with Crippen LogP contribution in [0.4, 0.5) is 0 Å². The lowest BCUT2D eigenvalue weighted by molar-refractivity contribution is 0.305. The van der Waals surface area contributed by atoms with Crippen molar-refractivity contribution < 1.29 is 4.74 Å². The van der Waals surface area contributed by atoms with Gasteiger partial charge in [-0.15, -0.1) is 11.3 Å². The molecule has 0 bridgehead atoms. The Labute approximate surface area is 159 Å². The molecular weight excluding hydrogens is 366 g/mol. The lowest BCUT2D eigenvalue weighted by atomic mass is 10.2. The summed E-state index contributed by atoms with van der Waals surface area (Å²) in [6, 6.07) is 8.04. The Hall–Kier alpha value is -2.45. The van der Waals surface area contributed by atoms with Gasteiger partial charge in [0, 0.05) is 18.2 Å². The minimum absolute atomic E-state index is 0.485. The fourth-order valence-electron chi connectivity index (χ4n) is 2.46. The number of hydrogen-bond acceptors (Lipinski definition) is 7. The number of fused-ring (bicyclic) bond motifs is 1. The van der Waals surface area contributed by atoms with Crippen molar-refractivity contribution >= 4 is 34.1 Å². The van der Waals surface area contributed by atoms with Gasteiger partial charge in [0.15, 0.2) is 5.65 Å². The van der Waals surface area contributed by atoms with Crippen LogP contribution in [0.25, 0.3) is 11.0 Å². The molecule has 0 aliphatic rings. The van der Waals surface area contributed by atoms with Crippen molar-refractivity contribution in [2.45, 2.75) is 24.3 Å². The molecule has 1 aromatic carbocycles. The van der Waals surface area contributed by atoms with Crippen molar-refractivity contribution in [1.29, 1.82) is 0 Å². The molecule has 0 saturated carbocycles. The second-order valence-electron chi connectivity index (χ2n) is 5.81. The number of aromatic nitrogens is 5. The first-order valence-electron chi connectivity index (χ1n) is 8.07. The number of nitrogens with zero attached hydrogens (tertiary/aromatic N) is 5. The maximum atomic E-state index is 5.79. The summed E-state index contributed by atoms with van der Waals surface area (Å²) in [4.78, 5) is 13.3. The molecule has 0 radical (unpaired) electrons. The maximum Gasteiger partial charge on any atom is 0.162 e. The van der Waals surface area contributed by atoms with E-state index in [4.69, 9.17) is 4.74 Å². The first-order valence-corrected chi connectivity index (χ1v) is 9.94.